The van der Waals surface area contributed by atoms with Crippen LogP contribution < -0.4 is 20.1 Å². The van der Waals surface area contributed by atoms with E-state index in [1.807, 2.05) is 14.0 Å². The van der Waals surface area contributed by atoms with Crippen molar-refractivity contribution < 1.29 is 9.47 Å². The third-order valence-electron chi connectivity index (χ3n) is 4.49. The Morgan fingerprint density at radius 1 is 1.38 bits per heavy atom. The molecule has 0 amide bonds. The molecule has 1 saturated carbocycles. The maximum Gasteiger partial charge on any atom is 0.191 e. The van der Waals surface area contributed by atoms with Crippen LogP contribution in [0, 0.1) is 0 Å². The third-order valence-corrected chi connectivity index (χ3v) is 4.49. The molecule has 0 radical (unpaired) electrons. The van der Waals surface area contributed by atoms with Gasteiger partial charge >= 0.3 is 0 Å². The Hall–Kier alpha value is -1.18. The molecule has 1 fully saturated rings. The summed E-state index contributed by atoms with van der Waals surface area (Å²) in [6, 6.07) is 4.80. The van der Waals surface area contributed by atoms with Gasteiger partial charge in [-0.05, 0) is 45.2 Å². The number of nitrogens with one attached hydrogen (secondary N) is 2. The van der Waals surface area contributed by atoms with Gasteiger partial charge in [0.05, 0.1) is 6.61 Å². The molecule has 1 aliphatic carbocycles. The Bertz CT molecular complexity index is 588. The van der Waals surface area contributed by atoms with Crippen LogP contribution in [0.25, 0.3) is 0 Å². The highest BCUT2D eigenvalue weighted by molar-refractivity contribution is 14.0. The van der Waals surface area contributed by atoms with Crippen LogP contribution >= 0.6 is 24.0 Å². The van der Waals surface area contributed by atoms with E-state index >= 15 is 0 Å². The molecule has 1 unspecified atom stereocenters. The molecule has 0 spiro atoms. The van der Waals surface area contributed by atoms with Crippen LogP contribution in [0.15, 0.2) is 17.1 Å². The summed E-state index contributed by atoms with van der Waals surface area (Å²) in [5.41, 5.74) is 2.35. The van der Waals surface area contributed by atoms with Crippen LogP contribution in [-0.4, -0.2) is 31.8 Å². The Morgan fingerprint density at radius 2 is 2.17 bits per heavy atom. The summed E-state index contributed by atoms with van der Waals surface area (Å²) < 4.78 is 11.7. The van der Waals surface area contributed by atoms with E-state index in [1.54, 1.807) is 0 Å². The van der Waals surface area contributed by atoms with E-state index in [9.17, 15) is 0 Å². The number of aliphatic imine (C=N–C) groups is 1. The number of halogens is 1. The van der Waals surface area contributed by atoms with E-state index in [1.165, 1.54) is 24.8 Å². The molecule has 2 N–H and O–H groups in total. The minimum Gasteiger partial charge on any atom is -0.494 e. The molecule has 24 heavy (non-hydrogen) atoms. The topological polar surface area (TPSA) is 54.9 Å². The fourth-order valence-corrected chi connectivity index (χ4v) is 3.03. The van der Waals surface area contributed by atoms with Crippen molar-refractivity contribution in [2.24, 2.45) is 4.99 Å². The lowest BCUT2D eigenvalue weighted by molar-refractivity contribution is 0.254. The first-order valence-corrected chi connectivity index (χ1v) is 8.62. The zero-order valence-corrected chi connectivity index (χ0v) is 17.1. The predicted octanol–water partition coefficient (Wildman–Crippen LogP) is 3.24. The van der Waals surface area contributed by atoms with Crippen LogP contribution in [-0.2, 0) is 13.0 Å². The second-order valence-electron chi connectivity index (χ2n) is 6.33. The molecule has 3 rings (SSSR count). The van der Waals surface area contributed by atoms with Gasteiger partial charge < -0.3 is 20.1 Å². The van der Waals surface area contributed by atoms with Gasteiger partial charge in [0.2, 0.25) is 0 Å². The second-order valence-corrected chi connectivity index (χ2v) is 6.33. The molecule has 1 aromatic rings. The number of guanidine groups is 1. The first-order chi connectivity index (χ1) is 11.2. The molecular formula is C18H28IN3O2. The van der Waals surface area contributed by atoms with E-state index in [0.29, 0.717) is 19.2 Å². The quantitative estimate of drug-likeness (QED) is 0.415. The van der Waals surface area contributed by atoms with E-state index < -0.39 is 0 Å². The van der Waals surface area contributed by atoms with Crippen molar-refractivity contribution in [2.75, 3.05) is 13.7 Å². The SMILES string of the molecule is CCOc1cc2c(cc1CNC(=NC)NC1CCC1)OC(C)C2.I. The summed E-state index contributed by atoms with van der Waals surface area (Å²) in [5, 5.41) is 6.84. The molecule has 2 aliphatic rings. The summed E-state index contributed by atoms with van der Waals surface area (Å²) in [6.07, 6.45) is 4.97. The summed E-state index contributed by atoms with van der Waals surface area (Å²) in [6.45, 7) is 5.45. The zero-order chi connectivity index (χ0) is 16.2. The summed E-state index contributed by atoms with van der Waals surface area (Å²) in [7, 11) is 1.81. The molecule has 1 heterocycles. The van der Waals surface area contributed by atoms with E-state index in [-0.39, 0.29) is 30.1 Å². The van der Waals surface area contributed by atoms with Gasteiger partial charge in [-0.1, -0.05) is 0 Å². The highest BCUT2D eigenvalue weighted by Crippen LogP contribution is 2.35. The molecule has 134 valence electrons. The van der Waals surface area contributed by atoms with Crippen molar-refractivity contribution in [3.63, 3.8) is 0 Å². The molecule has 6 heteroatoms. The maximum absolute atomic E-state index is 5.88. The lowest BCUT2D eigenvalue weighted by atomic mass is 9.93. The Morgan fingerprint density at radius 3 is 2.79 bits per heavy atom. The summed E-state index contributed by atoms with van der Waals surface area (Å²) in [5.74, 6) is 2.78. The molecular weight excluding hydrogens is 417 g/mol. The Balaban J connectivity index is 0.00000208. The predicted molar refractivity (Wildman–Crippen MR) is 108 cm³/mol. The third kappa shape index (κ3) is 4.46. The number of hydrogen-bond acceptors (Lipinski definition) is 3. The van der Waals surface area contributed by atoms with Gasteiger partial charge in [0.15, 0.2) is 5.96 Å². The van der Waals surface area contributed by atoms with Crippen LogP contribution in [0.4, 0.5) is 0 Å². The average molecular weight is 445 g/mol. The van der Waals surface area contributed by atoms with Crippen LogP contribution in [0.2, 0.25) is 0 Å². The molecule has 0 aromatic heterocycles. The van der Waals surface area contributed by atoms with Gasteiger partial charge in [0.25, 0.3) is 0 Å². The van der Waals surface area contributed by atoms with Crippen molar-refractivity contribution in [1.29, 1.82) is 0 Å². The number of nitrogens with zero attached hydrogens (tertiary/aromatic N) is 1. The van der Waals surface area contributed by atoms with E-state index in [4.69, 9.17) is 9.47 Å². The van der Waals surface area contributed by atoms with Crippen molar-refractivity contribution in [3.8, 4) is 11.5 Å². The van der Waals surface area contributed by atoms with Crippen molar-refractivity contribution >= 4 is 29.9 Å². The highest BCUT2D eigenvalue weighted by Gasteiger charge is 2.22. The van der Waals surface area contributed by atoms with Gasteiger partial charge in [-0.2, -0.15) is 0 Å². The molecule has 1 atom stereocenters. The van der Waals surface area contributed by atoms with Gasteiger partial charge in [0, 0.05) is 37.2 Å². The number of ether oxygens (including phenoxy) is 2. The van der Waals surface area contributed by atoms with Gasteiger partial charge in [-0.25, -0.2) is 0 Å². The first kappa shape index (κ1) is 19.1. The molecule has 5 nitrogen and oxygen atoms in total. The number of benzene rings is 1. The smallest absolute Gasteiger partial charge is 0.191 e. The normalized spacial score (nSPS) is 19.6. The molecule has 1 aromatic carbocycles. The van der Waals surface area contributed by atoms with Crippen molar-refractivity contribution in [1.82, 2.24) is 10.6 Å². The van der Waals surface area contributed by atoms with Crippen molar-refractivity contribution in [3.05, 3.63) is 23.3 Å². The van der Waals surface area contributed by atoms with Crippen LogP contribution in [0.5, 0.6) is 11.5 Å². The first-order valence-electron chi connectivity index (χ1n) is 8.62. The standard InChI is InChI=1S/C18H27N3O2.HI/c1-4-22-16-9-13-8-12(2)23-17(13)10-14(16)11-20-18(19-3)21-15-6-5-7-15;/h9-10,12,15H,4-8,11H2,1-3H3,(H2,19,20,21);1H. The number of rotatable bonds is 5. The Kier molecular flexibility index (Phi) is 7.01. The Labute approximate surface area is 161 Å². The van der Waals surface area contributed by atoms with E-state index in [2.05, 4.69) is 34.7 Å². The highest BCUT2D eigenvalue weighted by atomic mass is 127. The lowest BCUT2D eigenvalue weighted by Gasteiger charge is -2.28. The number of hydrogen-bond donors (Lipinski definition) is 2. The van der Waals surface area contributed by atoms with E-state index in [0.717, 1.165) is 29.4 Å². The molecule has 0 saturated heterocycles. The van der Waals surface area contributed by atoms with Gasteiger partial charge in [0.1, 0.15) is 17.6 Å². The summed E-state index contributed by atoms with van der Waals surface area (Å²) >= 11 is 0. The average Bonchev–Trinajstić information content (AvgIpc) is 2.85. The largest absolute Gasteiger partial charge is 0.494 e. The zero-order valence-electron chi connectivity index (χ0n) is 14.7. The molecule has 1 aliphatic heterocycles. The fraction of sp³-hybridized carbons (Fsp3) is 0.611. The van der Waals surface area contributed by atoms with Gasteiger partial charge in [-0.15, -0.1) is 24.0 Å². The monoisotopic (exact) mass is 445 g/mol. The minimum atomic E-state index is 0. The minimum absolute atomic E-state index is 0. The summed E-state index contributed by atoms with van der Waals surface area (Å²) in [4.78, 5) is 4.31. The number of fused-ring (bicyclic) bond motifs is 1. The maximum atomic E-state index is 5.88. The van der Waals surface area contributed by atoms with Gasteiger partial charge in [-0.3, -0.25) is 4.99 Å². The van der Waals surface area contributed by atoms with Crippen LogP contribution in [0.3, 0.4) is 0 Å². The second kappa shape index (κ2) is 8.78. The fourth-order valence-electron chi connectivity index (χ4n) is 3.03. The van der Waals surface area contributed by atoms with Crippen LogP contribution in [0.1, 0.15) is 44.2 Å². The van der Waals surface area contributed by atoms with Crippen molar-refractivity contribution in [2.45, 2.75) is 58.2 Å². The molecule has 0 bridgehead atoms. The lowest BCUT2D eigenvalue weighted by Crippen LogP contribution is -2.46.